The number of carboxylic acids is 1. The number of para-hydroxylation sites is 1. The van der Waals surface area contributed by atoms with Gasteiger partial charge in [0.15, 0.2) is 11.5 Å². The third kappa shape index (κ3) is 5.50. The molecule has 0 fully saturated rings. The fraction of sp³-hybridized carbons (Fsp3) is 0.471. The number of hydrogen-bond donors (Lipinski definition) is 1. The average molecular weight is 292 g/mol. The molecule has 0 saturated carbocycles. The van der Waals surface area contributed by atoms with E-state index in [9.17, 15) is 4.79 Å². The van der Waals surface area contributed by atoms with Crippen LogP contribution in [0.5, 0.6) is 11.5 Å². The summed E-state index contributed by atoms with van der Waals surface area (Å²) in [5.41, 5.74) is 0.717. The van der Waals surface area contributed by atoms with E-state index in [1.807, 2.05) is 25.1 Å². The molecule has 21 heavy (non-hydrogen) atoms. The van der Waals surface area contributed by atoms with Crippen molar-refractivity contribution in [1.29, 1.82) is 0 Å². The van der Waals surface area contributed by atoms with Crippen LogP contribution in [0.4, 0.5) is 0 Å². The van der Waals surface area contributed by atoms with Gasteiger partial charge in [-0.2, -0.15) is 0 Å². The maximum atomic E-state index is 10.7. The first-order valence-corrected chi connectivity index (χ1v) is 7.41. The van der Waals surface area contributed by atoms with Crippen molar-refractivity contribution >= 4 is 12.0 Å². The summed E-state index contributed by atoms with van der Waals surface area (Å²) in [7, 11) is 0. The summed E-state index contributed by atoms with van der Waals surface area (Å²) in [6.45, 7) is 7.32. The summed E-state index contributed by atoms with van der Waals surface area (Å²) >= 11 is 0. The summed E-state index contributed by atoms with van der Waals surface area (Å²) in [5.74, 6) is 0.762. The van der Waals surface area contributed by atoms with Gasteiger partial charge in [0.25, 0.3) is 0 Å². The lowest BCUT2D eigenvalue weighted by Gasteiger charge is -2.18. The van der Waals surface area contributed by atoms with Crippen LogP contribution in [0.2, 0.25) is 0 Å². The van der Waals surface area contributed by atoms with Crippen molar-refractivity contribution in [3.05, 3.63) is 29.8 Å². The first kappa shape index (κ1) is 17.1. The maximum Gasteiger partial charge on any atom is 0.328 e. The Morgan fingerprint density at radius 1 is 1.24 bits per heavy atom. The second-order valence-corrected chi connectivity index (χ2v) is 4.77. The zero-order valence-electron chi connectivity index (χ0n) is 13.0. The smallest absolute Gasteiger partial charge is 0.328 e. The topological polar surface area (TPSA) is 55.8 Å². The van der Waals surface area contributed by atoms with E-state index in [2.05, 4.69) is 13.8 Å². The molecule has 0 bridgehead atoms. The first-order valence-electron chi connectivity index (χ1n) is 7.41. The largest absolute Gasteiger partial charge is 0.490 e. The van der Waals surface area contributed by atoms with Gasteiger partial charge in [-0.05, 0) is 25.0 Å². The van der Waals surface area contributed by atoms with Crippen molar-refractivity contribution in [2.75, 3.05) is 13.2 Å². The van der Waals surface area contributed by atoms with Crippen LogP contribution in [0, 0.1) is 5.92 Å². The van der Waals surface area contributed by atoms with Gasteiger partial charge in [0.1, 0.15) is 0 Å². The highest BCUT2D eigenvalue weighted by Gasteiger charge is 2.12. The molecular weight excluding hydrogens is 268 g/mol. The van der Waals surface area contributed by atoms with Gasteiger partial charge in [-0.25, -0.2) is 4.79 Å². The molecule has 0 unspecified atom stereocenters. The molecule has 0 atom stereocenters. The van der Waals surface area contributed by atoms with Crippen LogP contribution in [0.3, 0.4) is 0 Å². The first-order chi connectivity index (χ1) is 10.1. The van der Waals surface area contributed by atoms with Gasteiger partial charge >= 0.3 is 5.97 Å². The normalized spacial score (nSPS) is 11.0. The molecule has 0 heterocycles. The molecule has 0 aliphatic rings. The van der Waals surface area contributed by atoms with Crippen molar-refractivity contribution in [2.45, 2.75) is 33.6 Å². The van der Waals surface area contributed by atoms with E-state index >= 15 is 0 Å². The summed E-state index contributed by atoms with van der Waals surface area (Å²) < 4.78 is 11.5. The fourth-order valence-corrected chi connectivity index (χ4v) is 1.97. The Hall–Kier alpha value is -1.97. The maximum absolute atomic E-state index is 10.7. The van der Waals surface area contributed by atoms with Gasteiger partial charge < -0.3 is 14.6 Å². The zero-order valence-corrected chi connectivity index (χ0v) is 13.0. The highest BCUT2D eigenvalue weighted by molar-refractivity contribution is 5.86. The van der Waals surface area contributed by atoms with E-state index in [1.165, 1.54) is 6.08 Å². The minimum absolute atomic E-state index is 0.482. The zero-order chi connectivity index (χ0) is 15.7. The van der Waals surface area contributed by atoms with Gasteiger partial charge in [-0.1, -0.05) is 38.8 Å². The van der Waals surface area contributed by atoms with Crippen LogP contribution >= 0.6 is 0 Å². The Bertz CT molecular complexity index is 476. The van der Waals surface area contributed by atoms with E-state index in [0.717, 1.165) is 18.9 Å². The summed E-state index contributed by atoms with van der Waals surface area (Å²) in [5, 5.41) is 8.77. The number of hydrogen-bond acceptors (Lipinski definition) is 3. The highest BCUT2D eigenvalue weighted by atomic mass is 16.5. The molecule has 1 rings (SSSR count). The number of aliphatic carboxylic acids is 1. The fourth-order valence-electron chi connectivity index (χ4n) is 1.97. The molecule has 116 valence electrons. The van der Waals surface area contributed by atoms with Crippen LogP contribution in [-0.2, 0) is 4.79 Å². The molecule has 0 amide bonds. The molecule has 0 aliphatic carbocycles. The van der Waals surface area contributed by atoms with Crippen molar-refractivity contribution in [2.24, 2.45) is 5.92 Å². The molecule has 1 aromatic carbocycles. The lowest BCUT2D eigenvalue weighted by molar-refractivity contribution is -0.131. The van der Waals surface area contributed by atoms with Gasteiger partial charge in [0.05, 0.1) is 13.2 Å². The number of carbonyl (C=O) groups is 1. The van der Waals surface area contributed by atoms with Crippen molar-refractivity contribution in [3.8, 4) is 11.5 Å². The summed E-state index contributed by atoms with van der Waals surface area (Å²) in [4.78, 5) is 10.7. The van der Waals surface area contributed by atoms with Crippen LogP contribution in [0.15, 0.2) is 24.3 Å². The molecular formula is C17H24O4. The second kappa shape index (κ2) is 9.06. The molecule has 0 spiro atoms. The molecule has 1 N–H and O–H groups in total. The Morgan fingerprint density at radius 2 is 1.95 bits per heavy atom. The van der Waals surface area contributed by atoms with E-state index < -0.39 is 5.97 Å². The Morgan fingerprint density at radius 3 is 2.52 bits per heavy atom. The predicted molar refractivity (Wildman–Crippen MR) is 83.8 cm³/mol. The van der Waals surface area contributed by atoms with E-state index in [0.29, 0.717) is 36.2 Å². The average Bonchev–Trinajstić information content (AvgIpc) is 2.48. The van der Waals surface area contributed by atoms with Gasteiger partial charge in [-0.15, -0.1) is 0 Å². The second-order valence-electron chi connectivity index (χ2n) is 4.77. The van der Waals surface area contributed by atoms with Crippen LogP contribution < -0.4 is 9.47 Å². The third-order valence-electron chi connectivity index (χ3n) is 3.33. The standard InChI is InChI=1S/C17H24O4/c1-4-13(5-2)12-21-17-14(10-11-16(18)19)8-7-9-15(17)20-6-3/h7-11,13H,4-6,12H2,1-3H3,(H,18,19)/b11-10+. The molecule has 0 saturated heterocycles. The number of carboxylic acid groups (broad SMARTS) is 1. The van der Waals surface area contributed by atoms with Gasteiger partial charge in [-0.3, -0.25) is 0 Å². The minimum atomic E-state index is -0.984. The molecule has 4 nitrogen and oxygen atoms in total. The van der Waals surface area contributed by atoms with E-state index in [4.69, 9.17) is 14.6 Å². The Labute approximate surface area is 126 Å². The van der Waals surface area contributed by atoms with Crippen molar-refractivity contribution in [1.82, 2.24) is 0 Å². The van der Waals surface area contributed by atoms with Crippen LogP contribution in [0.1, 0.15) is 39.2 Å². The quantitative estimate of drug-likeness (QED) is 0.699. The van der Waals surface area contributed by atoms with Crippen LogP contribution in [-0.4, -0.2) is 24.3 Å². The Balaban J connectivity index is 3.01. The van der Waals surface area contributed by atoms with E-state index in [1.54, 1.807) is 0 Å². The third-order valence-corrected chi connectivity index (χ3v) is 3.33. The molecule has 0 radical (unpaired) electrons. The molecule has 0 aliphatic heterocycles. The van der Waals surface area contributed by atoms with Gasteiger partial charge in [0, 0.05) is 11.6 Å². The number of ether oxygens (including phenoxy) is 2. The number of benzene rings is 1. The lowest BCUT2D eigenvalue weighted by Crippen LogP contribution is -2.11. The highest BCUT2D eigenvalue weighted by Crippen LogP contribution is 2.33. The SMILES string of the molecule is CCOc1cccc(/C=C/C(=O)O)c1OCC(CC)CC. The molecule has 4 heteroatoms. The lowest BCUT2D eigenvalue weighted by atomic mass is 10.1. The van der Waals surface area contributed by atoms with Gasteiger partial charge in [0.2, 0.25) is 0 Å². The molecule has 0 aromatic heterocycles. The van der Waals surface area contributed by atoms with Crippen LogP contribution in [0.25, 0.3) is 6.08 Å². The number of rotatable bonds is 9. The monoisotopic (exact) mass is 292 g/mol. The predicted octanol–water partition coefficient (Wildman–Crippen LogP) is 4.00. The van der Waals surface area contributed by atoms with Crippen molar-refractivity contribution < 1.29 is 19.4 Å². The Kier molecular flexibility index (Phi) is 7.37. The summed E-state index contributed by atoms with van der Waals surface area (Å²) in [6, 6.07) is 5.49. The summed E-state index contributed by atoms with van der Waals surface area (Å²) in [6.07, 6.45) is 4.74. The minimum Gasteiger partial charge on any atom is -0.490 e. The molecule has 1 aromatic rings. The van der Waals surface area contributed by atoms with Crippen molar-refractivity contribution in [3.63, 3.8) is 0 Å². The van der Waals surface area contributed by atoms with E-state index in [-0.39, 0.29) is 0 Å².